The highest BCUT2D eigenvalue weighted by atomic mass is 32.2. The highest BCUT2D eigenvalue weighted by Crippen LogP contribution is 2.24. The number of hydrogen-bond donors (Lipinski definition) is 1. The Morgan fingerprint density at radius 1 is 1.14 bits per heavy atom. The van der Waals surface area contributed by atoms with Crippen LogP contribution in [-0.4, -0.2) is 31.9 Å². The molecule has 0 atom stereocenters. The number of hydrogen-bond acceptors (Lipinski definition) is 3. The Bertz CT molecular complexity index is 572. The van der Waals surface area contributed by atoms with Crippen LogP contribution in [0.1, 0.15) is 37.8 Å². The molecular formula is C16H25NO3S. The molecule has 0 aliphatic rings. The molecule has 0 bridgehead atoms. The zero-order valence-electron chi connectivity index (χ0n) is 13.3. The van der Waals surface area contributed by atoms with Gasteiger partial charge in [0, 0.05) is 12.8 Å². The number of sulfone groups is 1. The monoisotopic (exact) mass is 311 g/mol. The first kappa shape index (κ1) is 17.7. The molecule has 5 heteroatoms. The van der Waals surface area contributed by atoms with Gasteiger partial charge in [0.1, 0.15) is 0 Å². The molecule has 118 valence electrons. The zero-order valence-corrected chi connectivity index (χ0v) is 14.1. The van der Waals surface area contributed by atoms with E-state index in [9.17, 15) is 13.2 Å². The van der Waals surface area contributed by atoms with E-state index in [1.54, 1.807) is 0 Å². The molecule has 0 fully saturated rings. The summed E-state index contributed by atoms with van der Waals surface area (Å²) in [6.45, 7) is 5.85. The number of aryl methyl sites for hydroxylation is 1. The second-order valence-electron chi connectivity index (χ2n) is 5.60. The van der Waals surface area contributed by atoms with Crippen molar-refractivity contribution in [2.75, 3.05) is 12.8 Å². The third kappa shape index (κ3) is 4.56. The number of rotatable bonds is 7. The predicted octanol–water partition coefficient (Wildman–Crippen LogP) is 2.26. The fourth-order valence-electron chi connectivity index (χ4n) is 2.37. The van der Waals surface area contributed by atoms with Gasteiger partial charge in [0.2, 0.25) is 5.91 Å². The second-order valence-corrected chi connectivity index (χ2v) is 8.01. The summed E-state index contributed by atoms with van der Waals surface area (Å²) >= 11 is 0. The van der Waals surface area contributed by atoms with Gasteiger partial charge in [-0.05, 0) is 25.3 Å². The van der Waals surface area contributed by atoms with E-state index in [1.807, 2.05) is 45.0 Å². The van der Waals surface area contributed by atoms with Crippen LogP contribution >= 0.6 is 0 Å². The molecule has 0 unspecified atom stereocenters. The molecule has 0 radical (unpaired) electrons. The maximum absolute atomic E-state index is 12.0. The molecule has 1 rings (SSSR count). The predicted molar refractivity (Wildman–Crippen MR) is 86.0 cm³/mol. The summed E-state index contributed by atoms with van der Waals surface area (Å²) in [7, 11) is -3.22. The first-order chi connectivity index (χ1) is 9.74. The average Bonchev–Trinajstić information content (AvgIpc) is 2.41. The van der Waals surface area contributed by atoms with Crippen LogP contribution in [0.15, 0.2) is 24.3 Å². The molecule has 21 heavy (non-hydrogen) atoms. The molecular weight excluding hydrogens is 286 g/mol. The maximum Gasteiger partial charge on any atom is 0.224 e. The number of benzene rings is 1. The van der Waals surface area contributed by atoms with E-state index in [4.69, 9.17) is 0 Å². The molecule has 0 aliphatic carbocycles. The Morgan fingerprint density at radius 2 is 1.67 bits per heavy atom. The van der Waals surface area contributed by atoms with Crippen molar-refractivity contribution in [1.82, 2.24) is 5.32 Å². The van der Waals surface area contributed by atoms with Gasteiger partial charge in [0.25, 0.3) is 0 Å². The van der Waals surface area contributed by atoms with Crippen LogP contribution in [0.3, 0.4) is 0 Å². The van der Waals surface area contributed by atoms with Crippen molar-refractivity contribution in [2.24, 2.45) is 0 Å². The summed E-state index contributed by atoms with van der Waals surface area (Å²) in [6.07, 6.45) is 2.50. The Labute approximate surface area is 127 Å². The summed E-state index contributed by atoms with van der Waals surface area (Å²) in [6, 6.07) is 7.75. The van der Waals surface area contributed by atoms with E-state index in [1.165, 1.54) is 6.26 Å². The fraction of sp³-hybridized carbons (Fsp3) is 0.562. The highest BCUT2D eigenvalue weighted by Gasteiger charge is 2.37. The van der Waals surface area contributed by atoms with Crippen LogP contribution in [0.2, 0.25) is 0 Å². The molecule has 0 saturated carbocycles. The standard InChI is InChI=1S/C16H25NO3S/c1-5-16(6-2,21(4,19)20)12-17-15(18)11-14-9-7-13(3)8-10-14/h7-10H,5-6,11-12H2,1-4H3,(H,17,18). The fourth-order valence-corrected chi connectivity index (χ4v) is 3.75. The van der Waals surface area contributed by atoms with Crippen molar-refractivity contribution in [3.63, 3.8) is 0 Å². The SMILES string of the molecule is CCC(CC)(CNC(=O)Cc1ccc(C)cc1)S(C)(=O)=O. The van der Waals surface area contributed by atoms with E-state index in [0.29, 0.717) is 12.8 Å². The lowest BCUT2D eigenvalue weighted by atomic mass is 10.0. The van der Waals surface area contributed by atoms with Gasteiger partial charge < -0.3 is 5.32 Å². The van der Waals surface area contributed by atoms with E-state index in [2.05, 4.69) is 5.32 Å². The van der Waals surface area contributed by atoms with E-state index in [0.717, 1.165) is 11.1 Å². The molecule has 1 aromatic rings. The third-order valence-corrected chi connectivity index (χ3v) is 6.46. The van der Waals surface area contributed by atoms with Crippen molar-refractivity contribution < 1.29 is 13.2 Å². The summed E-state index contributed by atoms with van der Waals surface area (Å²) in [5.74, 6) is -0.145. The lowest BCUT2D eigenvalue weighted by Crippen LogP contribution is -2.48. The van der Waals surface area contributed by atoms with Crippen LogP contribution in [0.25, 0.3) is 0 Å². The molecule has 4 nitrogen and oxygen atoms in total. The summed E-state index contributed by atoms with van der Waals surface area (Å²) in [4.78, 5) is 12.0. The molecule has 1 aromatic carbocycles. The van der Waals surface area contributed by atoms with Crippen LogP contribution < -0.4 is 5.32 Å². The van der Waals surface area contributed by atoms with Gasteiger partial charge in [-0.25, -0.2) is 8.42 Å². The Morgan fingerprint density at radius 3 is 2.10 bits per heavy atom. The molecule has 0 heterocycles. The molecule has 1 N–H and O–H groups in total. The van der Waals surface area contributed by atoms with Gasteiger partial charge in [-0.1, -0.05) is 43.7 Å². The smallest absolute Gasteiger partial charge is 0.224 e. The van der Waals surface area contributed by atoms with Crippen LogP contribution in [0.5, 0.6) is 0 Å². The number of carbonyl (C=O) groups is 1. The molecule has 0 aliphatic heterocycles. The highest BCUT2D eigenvalue weighted by molar-refractivity contribution is 7.92. The largest absolute Gasteiger partial charge is 0.354 e. The van der Waals surface area contributed by atoms with Crippen molar-refractivity contribution in [2.45, 2.75) is 44.8 Å². The van der Waals surface area contributed by atoms with Gasteiger partial charge in [-0.15, -0.1) is 0 Å². The zero-order chi connectivity index (χ0) is 16.1. The van der Waals surface area contributed by atoms with Crippen LogP contribution in [0.4, 0.5) is 0 Å². The Hall–Kier alpha value is -1.36. The molecule has 0 saturated heterocycles. The Kier molecular flexibility index (Phi) is 5.96. The number of amides is 1. The third-order valence-electron chi connectivity index (χ3n) is 4.17. The van der Waals surface area contributed by atoms with Gasteiger partial charge in [0.15, 0.2) is 9.84 Å². The lowest BCUT2D eigenvalue weighted by Gasteiger charge is -2.29. The Balaban J connectivity index is 2.68. The van der Waals surface area contributed by atoms with Crippen LogP contribution in [-0.2, 0) is 21.1 Å². The van der Waals surface area contributed by atoms with Crippen molar-refractivity contribution in [3.05, 3.63) is 35.4 Å². The molecule has 0 aromatic heterocycles. The van der Waals surface area contributed by atoms with Gasteiger partial charge >= 0.3 is 0 Å². The minimum Gasteiger partial charge on any atom is -0.354 e. The van der Waals surface area contributed by atoms with Crippen molar-refractivity contribution in [3.8, 4) is 0 Å². The van der Waals surface area contributed by atoms with Crippen molar-refractivity contribution in [1.29, 1.82) is 0 Å². The first-order valence-corrected chi connectivity index (χ1v) is 9.15. The van der Waals surface area contributed by atoms with E-state index < -0.39 is 14.6 Å². The molecule has 1 amide bonds. The first-order valence-electron chi connectivity index (χ1n) is 7.26. The summed E-state index contributed by atoms with van der Waals surface area (Å²) in [5.41, 5.74) is 2.07. The van der Waals surface area contributed by atoms with Gasteiger partial charge in [0.05, 0.1) is 11.2 Å². The minimum atomic E-state index is -3.22. The molecule has 0 spiro atoms. The summed E-state index contributed by atoms with van der Waals surface area (Å²) in [5, 5.41) is 2.78. The topological polar surface area (TPSA) is 63.2 Å². The van der Waals surface area contributed by atoms with E-state index in [-0.39, 0.29) is 18.9 Å². The second kappa shape index (κ2) is 7.07. The number of nitrogens with one attached hydrogen (secondary N) is 1. The normalized spacial score (nSPS) is 12.2. The van der Waals surface area contributed by atoms with E-state index >= 15 is 0 Å². The van der Waals surface area contributed by atoms with Crippen molar-refractivity contribution >= 4 is 15.7 Å². The number of carbonyl (C=O) groups excluding carboxylic acids is 1. The lowest BCUT2D eigenvalue weighted by molar-refractivity contribution is -0.120. The van der Waals surface area contributed by atoms with Gasteiger partial charge in [-0.2, -0.15) is 0 Å². The quantitative estimate of drug-likeness (QED) is 0.840. The maximum atomic E-state index is 12.0. The summed E-state index contributed by atoms with van der Waals surface area (Å²) < 4.78 is 23.1. The van der Waals surface area contributed by atoms with Gasteiger partial charge in [-0.3, -0.25) is 4.79 Å². The minimum absolute atomic E-state index is 0.145. The average molecular weight is 311 g/mol. The van der Waals surface area contributed by atoms with Crippen LogP contribution in [0, 0.1) is 6.92 Å².